The fraction of sp³-hybridized carbons (Fsp3) is 0.600. The number of hydrogen-bond acceptors (Lipinski definition) is 3. The van der Waals surface area contributed by atoms with Crippen molar-refractivity contribution in [1.29, 1.82) is 0 Å². The average molecular weight is 251 g/mol. The van der Waals surface area contributed by atoms with Crippen molar-refractivity contribution in [3.63, 3.8) is 0 Å². The smallest absolute Gasteiger partial charge is 0.0716 e. The third-order valence-electron chi connectivity index (χ3n) is 3.66. The summed E-state index contributed by atoms with van der Waals surface area (Å²) in [7, 11) is 0. The van der Waals surface area contributed by atoms with E-state index in [4.69, 9.17) is 9.47 Å². The Morgan fingerprint density at radius 3 is 2.50 bits per heavy atom. The second-order valence-corrected chi connectivity index (χ2v) is 5.21. The molecule has 3 N–H and O–H groups in total. The van der Waals surface area contributed by atoms with Crippen LogP contribution in [0.1, 0.15) is 31.7 Å². The topological polar surface area (TPSA) is 53.5 Å². The zero-order chi connectivity index (χ0) is 12.0. The second-order valence-electron chi connectivity index (χ2n) is 5.21. The summed E-state index contributed by atoms with van der Waals surface area (Å²) in [5.41, 5.74) is 1.68. The standard InChI is InChI=1S/C15H22O2.H3N/c1-15(7-10-16-11-8-15)9-12-17-13-14-5-3-2-4-6-14;/h2-6H,7-13H2,1H3;1H3. The van der Waals surface area contributed by atoms with Crippen LogP contribution in [0.15, 0.2) is 30.3 Å². The summed E-state index contributed by atoms with van der Waals surface area (Å²) in [6, 6.07) is 10.4. The normalized spacial score (nSPS) is 18.1. The molecule has 18 heavy (non-hydrogen) atoms. The van der Waals surface area contributed by atoms with Gasteiger partial charge >= 0.3 is 0 Å². The molecule has 0 unspecified atom stereocenters. The van der Waals surface area contributed by atoms with Crippen molar-refractivity contribution in [1.82, 2.24) is 6.15 Å². The molecule has 0 aliphatic carbocycles. The van der Waals surface area contributed by atoms with Crippen molar-refractivity contribution >= 4 is 0 Å². The first-order chi connectivity index (χ1) is 8.29. The quantitative estimate of drug-likeness (QED) is 0.814. The highest BCUT2D eigenvalue weighted by atomic mass is 16.5. The molecule has 0 aromatic heterocycles. The first kappa shape index (κ1) is 15.2. The van der Waals surface area contributed by atoms with Crippen LogP contribution in [0, 0.1) is 5.41 Å². The average Bonchev–Trinajstić information content (AvgIpc) is 2.37. The summed E-state index contributed by atoms with van der Waals surface area (Å²) in [6.07, 6.45) is 3.48. The van der Waals surface area contributed by atoms with Gasteiger partial charge in [-0.05, 0) is 30.2 Å². The minimum absolute atomic E-state index is 0. The highest BCUT2D eigenvalue weighted by Gasteiger charge is 2.26. The maximum atomic E-state index is 5.75. The van der Waals surface area contributed by atoms with Crippen LogP contribution in [0.2, 0.25) is 0 Å². The molecular weight excluding hydrogens is 226 g/mol. The van der Waals surface area contributed by atoms with Crippen LogP contribution < -0.4 is 6.15 Å². The van der Waals surface area contributed by atoms with E-state index in [0.29, 0.717) is 5.41 Å². The molecule has 3 nitrogen and oxygen atoms in total. The molecule has 1 saturated heterocycles. The van der Waals surface area contributed by atoms with Crippen LogP contribution in [0.4, 0.5) is 0 Å². The summed E-state index contributed by atoms with van der Waals surface area (Å²) >= 11 is 0. The molecule has 2 rings (SSSR count). The molecule has 3 heteroatoms. The highest BCUT2D eigenvalue weighted by Crippen LogP contribution is 2.33. The summed E-state index contributed by atoms with van der Waals surface area (Å²) in [5.74, 6) is 0. The number of hydrogen-bond donors (Lipinski definition) is 1. The molecule has 0 radical (unpaired) electrons. The van der Waals surface area contributed by atoms with Gasteiger partial charge in [0.2, 0.25) is 0 Å². The molecular formula is C15H25NO2. The van der Waals surface area contributed by atoms with Gasteiger partial charge in [0.1, 0.15) is 0 Å². The van der Waals surface area contributed by atoms with Gasteiger partial charge in [0, 0.05) is 19.8 Å². The SMILES string of the molecule is CC1(CCOCc2ccccc2)CCOCC1.N. The minimum Gasteiger partial charge on any atom is -0.381 e. The molecule has 1 aromatic carbocycles. The van der Waals surface area contributed by atoms with Gasteiger partial charge in [-0.2, -0.15) is 0 Å². The van der Waals surface area contributed by atoms with Gasteiger partial charge in [-0.3, -0.25) is 0 Å². The maximum Gasteiger partial charge on any atom is 0.0716 e. The van der Waals surface area contributed by atoms with Crippen LogP contribution in [0.25, 0.3) is 0 Å². The molecule has 0 spiro atoms. The number of ether oxygens (including phenoxy) is 2. The van der Waals surface area contributed by atoms with E-state index in [1.807, 2.05) is 6.07 Å². The van der Waals surface area contributed by atoms with Crippen molar-refractivity contribution in [3.8, 4) is 0 Å². The molecule has 1 aliphatic heterocycles. The lowest BCUT2D eigenvalue weighted by atomic mass is 9.80. The molecule has 0 atom stereocenters. The van der Waals surface area contributed by atoms with Crippen molar-refractivity contribution in [2.75, 3.05) is 19.8 Å². The fourth-order valence-corrected chi connectivity index (χ4v) is 2.20. The Kier molecular flexibility index (Phi) is 6.33. The lowest BCUT2D eigenvalue weighted by Gasteiger charge is -2.33. The zero-order valence-corrected chi connectivity index (χ0v) is 11.4. The molecule has 1 fully saturated rings. The van der Waals surface area contributed by atoms with Gasteiger partial charge in [-0.25, -0.2) is 0 Å². The summed E-state index contributed by atoms with van der Waals surface area (Å²) < 4.78 is 11.1. The largest absolute Gasteiger partial charge is 0.381 e. The van der Waals surface area contributed by atoms with E-state index in [-0.39, 0.29) is 6.15 Å². The first-order valence-electron chi connectivity index (χ1n) is 6.48. The van der Waals surface area contributed by atoms with E-state index in [1.165, 1.54) is 18.4 Å². The van der Waals surface area contributed by atoms with E-state index >= 15 is 0 Å². The Morgan fingerprint density at radius 2 is 1.83 bits per heavy atom. The summed E-state index contributed by atoms with van der Waals surface area (Å²) in [4.78, 5) is 0. The van der Waals surface area contributed by atoms with E-state index in [1.54, 1.807) is 0 Å². The van der Waals surface area contributed by atoms with E-state index in [0.717, 1.165) is 32.8 Å². The van der Waals surface area contributed by atoms with Crippen molar-refractivity contribution in [2.24, 2.45) is 5.41 Å². The number of rotatable bonds is 5. The van der Waals surface area contributed by atoms with Crippen LogP contribution >= 0.6 is 0 Å². The predicted molar refractivity (Wildman–Crippen MR) is 73.9 cm³/mol. The van der Waals surface area contributed by atoms with Crippen molar-refractivity contribution in [2.45, 2.75) is 32.8 Å². The van der Waals surface area contributed by atoms with E-state index in [9.17, 15) is 0 Å². The van der Waals surface area contributed by atoms with Gasteiger partial charge < -0.3 is 15.6 Å². The Morgan fingerprint density at radius 1 is 1.17 bits per heavy atom. The van der Waals surface area contributed by atoms with Gasteiger partial charge in [0.25, 0.3) is 0 Å². The molecule has 1 aliphatic rings. The second kappa shape index (κ2) is 7.52. The zero-order valence-electron chi connectivity index (χ0n) is 11.4. The van der Waals surface area contributed by atoms with Gasteiger partial charge in [0.05, 0.1) is 6.61 Å². The van der Waals surface area contributed by atoms with E-state index in [2.05, 4.69) is 31.2 Å². The maximum absolute atomic E-state index is 5.75. The molecule has 1 aromatic rings. The molecule has 0 bridgehead atoms. The lowest BCUT2D eigenvalue weighted by molar-refractivity contribution is 0.000622. The van der Waals surface area contributed by atoms with Crippen LogP contribution in [0.5, 0.6) is 0 Å². The number of benzene rings is 1. The third kappa shape index (κ3) is 4.77. The predicted octanol–water partition coefficient (Wildman–Crippen LogP) is 3.57. The van der Waals surface area contributed by atoms with Gasteiger partial charge in [-0.15, -0.1) is 0 Å². The third-order valence-corrected chi connectivity index (χ3v) is 3.66. The van der Waals surface area contributed by atoms with Crippen molar-refractivity contribution in [3.05, 3.63) is 35.9 Å². The molecule has 102 valence electrons. The lowest BCUT2D eigenvalue weighted by Crippen LogP contribution is -2.27. The fourth-order valence-electron chi connectivity index (χ4n) is 2.20. The highest BCUT2D eigenvalue weighted by molar-refractivity contribution is 5.13. The van der Waals surface area contributed by atoms with E-state index < -0.39 is 0 Å². The van der Waals surface area contributed by atoms with Crippen LogP contribution in [0.3, 0.4) is 0 Å². The minimum atomic E-state index is 0. The Labute approximate surface area is 110 Å². The van der Waals surface area contributed by atoms with Gasteiger partial charge in [0.15, 0.2) is 0 Å². The Bertz CT molecular complexity index is 321. The first-order valence-corrected chi connectivity index (χ1v) is 6.48. The van der Waals surface area contributed by atoms with Crippen molar-refractivity contribution < 1.29 is 9.47 Å². The van der Waals surface area contributed by atoms with Crippen LogP contribution in [-0.2, 0) is 16.1 Å². The molecule has 0 amide bonds. The Hall–Kier alpha value is -0.900. The van der Waals surface area contributed by atoms with Gasteiger partial charge in [-0.1, -0.05) is 37.3 Å². The monoisotopic (exact) mass is 251 g/mol. The van der Waals surface area contributed by atoms with Crippen LogP contribution in [-0.4, -0.2) is 19.8 Å². The summed E-state index contributed by atoms with van der Waals surface area (Å²) in [6.45, 7) is 5.75. The summed E-state index contributed by atoms with van der Waals surface area (Å²) in [5, 5.41) is 0. The molecule has 0 saturated carbocycles. The molecule has 1 heterocycles. The Balaban J connectivity index is 0.00000162.